The topological polar surface area (TPSA) is 97.1 Å². The molecule has 4 N–H and O–H groups in total. The Bertz CT molecular complexity index is 346. The summed E-state index contributed by atoms with van der Waals surface area (Å²) in [5, 5.41) is 0. The fourth-order valence-corrected chi connectivity index (χ4v) is 1.56. The normalized spacial score (nSPS) is 9.00. The summed E-state index contributed by atoms with van der Waals surface area (Å²) in [5.41, 5.74) is 1.03. The first kappa shape index (κ1) is 19.9. The summed E-state index contributed by atoms with van der Waals surface area (Å²) in [5.74, 6) is 0. The second-order valence-electron chi connectivity index (χ2n) is 2.29. The van der Waals surface area contributed by atoms with Crippen molar-refractivity contribution in [2.75, 3.05) is 0 Å². The average Bonchev–Trinajstić information content (AvgIpc) is 1.86. The summed E-state index contributed by atoms with van der Waals surface area (Å²) in [6, 6.07) is 6.56. The number of hydrogen-bond acceptors (Lipinski definition) is 2. The van der Waals surface area contributed by atoms with Crippen LogP contribution in [-0.2, 0) is 8.87 Å². The Hall–Kier alpha value is 0.440. The molecule has 1 rings (SSSR count). The van der Waals surface area contributed by atoms with Gasteiger partial charge in [0, 0.05) is 0 Å². The summed E-state index contributed by atoms with van der Waals surface area (Å²) >= 11 is 3.45. The monoisotopic (exact) mass is 248 g/mol. The maximum atomic E-state index is 10.8. The Morgan fingerprint density at radius 3 is 1.71 bits per heavy atom. The van der Waals surface area contributed by atoms with Crippen LogP contribution in [0, 0.1) is 6.92 Å². The van der Waals surface area contributed by atoms with E-state index in [2.05, 4.69) is 11.7 Å². The van der Waals surface area contributed by atoms with Crippen molar-refractivity contribution in [3.63, 3.8) is 0 Å². The van der Waals surface area contributed by atoms with Gasteiger partial charge in [0.2, 0.25) is 8.87 Å². The number of hydrogen-bond donors (Lipinski definition) is 1. The van der Waals surface area contributed by atoms with Crippen LogP contribution in [0.15, 0.2) is 29.2 Å². The van der Waals surface area contributed by atoms with Gasteiger partial charge in [-0.3, -0.25) is 0 Å². The summed E-state index contributed by atoms with van der Waals surface area (Å²) < 4.78 is 21.6. The molecule has 0 bridgehead atoms. The molecule has 0 saturated carbocycles. The molecule has 0 aliphatic rings. The molecule has 0 fully saturated rings. The van der Waals surface area contributed by atoms with Crippen LogP contribution in [0.25, 0.3) is 0 Å². The zero-order valence-corrected chi connectivity index (χ0v) is 8.69. The molecule has 0 heterocycles. The van der Waals surface area contributed by atoms with Crippen LogP contribution in [0.5, 0.6) is 0 Å². The van der Waals surface area contributed by atoms with Crippen molar-refractivity contribution in [2.24, 2.45) is 0 Å². The summed E-state index contributed by atoms with van der Waals surface area (Å²) in [6.45, 7) is 1.90. The zero-order chi connectivity index (χ0) is 8.48. The Kier molecular flexibility index (Phi) is 11.0. The molecule has 78 valence electrons. The van der Waals surface area contributed by atoms with E-state index in [1.54, 1.807) is 12.1 Å². The van der Waals surface area contributed by atoms with Gasteiger partial charge in [-0.15, -0.1) is 0 Å². The van der Waals surface area contributed by atoms with Gasteiger partial charge in [0.25, 0.3) is 0 Å². The predicted molar refractivity (Wildman–Crippen MR) is 61.7 cm³/mol. The Labute approximate surface area is 110 Å². The molecule has 0 atom stereocenters. The average molecular weight is 248 g/mol. The maximum absolute atomic E-state index is 10.8. The zero-order valence-electron chi connectivity index (χ0n) is 6.98. The van der Waals surface area contributed by atoms with E-state index in [0.717, 1.165) is 5.56 Å². The molecule has 0 aliphatic heterocycles. The standard InChI is InChI=1S/C7H8O2S2.Na.2H2O.H/c1-6-2-4-7(5-3-6)11(8,9)10;;;;/h2-5H,1H3,(H,8,9,10);;2*1H2;. The van der Waals surface area contributed by atoms with Gasteiger partial charge < -0.3 is 11.0 Å². The van der Waals surface area contributed by atoms with E-state index in [1.807, 2.05) is 6.92 Å². The Balaban J connectivity index is -0.000000403. The van der Waals surface area contributed by atoms with Crippen molar-refractivity contribution < 1.29 is 19.4 Å². The SMILES string of the molecule is Cc1ccc(S(=O)(=O)S)cc1.O.O.[NaH]. The van der Waals surface area contributed by atoms with E-state index in [-0.39, 0.29) is 45.4 Å². The fraction of sp³-hybridized carbons (Fsp3) is 0.143. The van der Waals surface area contributed by atoms with E-state index in [1.165, 1.54) is 12.1 Å². The van der Waals surface area contributed by atoms with E-state index >= 15 is 0 Å². The first-order chi connectivity index (χ1) is 5.00. The van der Waals surface area contributed by atoms with Crippen LogP contribution in [0.4, 0.5) is 0 Å². The van der Waals surface area contributed by atoms with E-state index < -0.39 is 8.87 Å². The van der Waals surface area contributed by atoms with Gasteiger partial charge >= 0.3 is 29.6 Å². The van der Waals surface area contributed by atoms with Gasteiger partial charge in [0.15, 0.2) is 0 Å². The Morgan fingerprint density at radius 1 is 1.07 bits per heavy atom. The van der Waals surface area contributed by atoms with Crippen LogP contribution in [0.1, 0.15) is 5.56 Å². The number of rotatable bonds is 1. The quantitative estimate of drug-likeness (QED) is 0.404. The van der Waals surface area contributed by atoms with Crippen LogP contribution in [0.2, 0.25) is 0 Å². The van der Waals surface area contributed by atoms with Gasteiger partial charge in [-0.05, 0) is 30.7 Å². The molecule has 7 heteroatoms. The van der Waals surface area contributed by atoms with Crippen LogP contribution in [0.3, 0.4) is 0 Å². The van der Waals surface area contributed by atoms with E-state index in [0.29, 0.717) is 0 Å². The van der Waals surface area contributed by atoms with Crippen LogP contribution < -0.4 is 0 Å². The van der Waals surface area contributed by atoms with E-state index in [4.69, 9.17) is 0 Å². The molecule has 1 aromatic carbocycles. The van der Waals surface area contributed by atoms with Crippen LogP contribution >= 0.6 is 11.7 Å². The third kappa shape index (κ3) is 6.02. The van der Waals surface area contributed by atoms with Gasteiger partial charge in [0.1, 0.15) is 0 Å². The molecular weight excluding hydrogens is 235 g/mol. The number of thiol groups is 1. The molecule has 0 aliphatic carbocycles. The van der Waals surface area contributed by atoms with E-state index in [9.17, 15) is 8.42 Å². The van der Waals surface area contributed by atoms with Crippen molar-refractivity contribution >= 4 is 50.1 Å². The minimum absolute atomic E-state index is 0. The second-order valence-corrected chi connectivity index (χ2v) is 5.15. The minimum atomic E-state index is -3.33. The molecule has 14 heavy (non-hydrogen) atoms. The molecule has 0 unspecified atom stereocenters. The number of benzene rings is 1. The summed E-state index contributed by atoms with van der Waals surface area (Å²) in [6.07, 6.45) is 0. The molecule has 4 nitrogen and oxygen atoms in total. The fourth-order valence-electron chi connectivity index (χ4n) is 0.710. The first-order valence-corrected chi connectivity index (χ1v) is 5.58. The third-order valence-corrected chi connectivity index (χ3v) is 2.82. The predicted octanol–water partition coefficient (Wildman–Crippen LogP) is -0.684. The van der Waals surface area contributed by atoms with Gasteiger partial charge in [-0.25, -0.2) is 8.42 Å². The molecular formula is C7H13NaO4S2. The van der Waals surface area contributed by atoms with Gasteiger partial charge in [-0.2, -0.15) is 0 Å². The second kappa shape index (κ2) is 7.70. The van der Waals surface area contributed by atoms with Crippen molar-refractivity contribution in [1.82, 2.24) is 0 Å². The summed E-state index contributed by atoms with van der Waals surface area (Å²) in [7, 11) is -3.33. The first-order valence-electron chi connectivity index (χ1n) is 3.04. The van der Waals surface area contributed by atoms with Crippen molar-refractivity contribution in [3.05, 3.63) is 29.8 Å². The van der Waals surface area contributed by atoms with Gasteiger partial charge in [0.05, 0.1) is 4.90 Å². The van der Waals surface area contributed by atoms with Crippen molar-refractivity contribution in [1.29, 1.82) is 0 Å². The molecule has 0 aromatic heterocycles. The van der Waals surface area contributed by atoms with Gasteiger partial charge in [-0.1, -0.05) is 17.7 Å². The molecule has 0 saturated heterocycles. The molecule has 0 amide bonds. The number of aryl methyl sites for hydroxylation is 1. The van der Waals surface area contributed by atoms with Crippen LogP contribution in [-0.4, -0.2) is 48.9 Å². The molecule has 0 spiro atoms. The third-order valence-electron chi connectivity index (χ3n) is 1.32. The molecule has 1 aromatic rings. The summed E-state index contributed by atoms with van der Waals surface area (Å²) in [4.78, 5) is 0.242. The van der Waals surface area contributed by atoms with Crippen molar-refractivity contribution in [3.8, 4) is 0 Å². The molecule has 0 radical (unpaired) electrons. The van der Waals surface area contributed by atoms with Crippen molar-refractivity contribution in [2.45, 2.75) is 11.8 Å². The Morgan fingerprint density at radius 2 is 1.43 bits per heavy atom.